The highest BCUT2D eigenvalue weighted by molar-refractivity contribution is 6.31. The van der Waals surface area contributed by atoms with Crippen LogP contribution in [0.25, 0.3) is 0 Å². The molecule has 2 N–H and O–H groups in total. The zero-order valence-corrected chi connectivity index (χ0v) is 16.2. The Balaban J connectivity index is 1.49. The van der Waals surface area contributed by atoms with Crippen molar-refractivity contribution in [3.8, 4) is 0 Å². The van der Waals surface area contributed by atoms with Crippen LogP contribution >= 0.6 is 11.6 Å². The molecule has 1 aliphatic carbocycles. The lowest BCUT2D eigenvalue weighted by molar-refractivity contribution is -0.134. The van der Waals surface area contributed by atoms with E-state index in [4.69, 9.17) is 11.6 Å². The molecule has 4 rings (SSSR count). The van der Waals surface area contributed by atoms with Crippen LogP contribution < -0.4 is 10.6 Å². The molecular weight excluding hydrogens is 378 g/mol. The SMILES string of the molecule is Cc1c(Cl)cccc1NC(=O)CN1C(=O)NC2(CCc3ccccc3C2)C1=O. The number of anilines is 1. The molecule has 1 spiro atoms. The van der Waals surface area contributed by atoms with E-state index in [0.717, 1.165) is 16.0 Å². The number of imide groups is 1. The maximum absolute atomic E-state index is 13.1. The van der Waals surface area contributed by atoms with Crippen molar-refractivity contribution in [2.75, 3.05) is 11.9 Å². The van der Waals surface area contributed by atoms with Gasteiger partial charge in [-0.05, 0) is 48.6 Å². The predicted molar refractivity (Wildman–Crippen MR) is 106 cm³/mol. The number of hydrogen-bond acceptors (Lipinski definition) is 3. The first-order valence-electron chi connectivity index (χ1n) is 9.15. The van der Waals surface area contributed by atoms with Crippen LogP contribution in [-0.2, 0) is 22.4 Å². The standard InChI is InChI=1S/C21H20ClN3O3/c1-13-16(22)7-4-8-17(13)23-18(26)12-25-19(27)21(24-20(25)28)10-9-14-5-2-3-6-15(14)11-21/h2-8H,9-12H2,1H3,(H,23,26)(H,24,28). The topological polar surface area (TPSA) is 78.5 Å². The highest BCUT2D eigenvalue weighted by Crippen LogP contribution is 2.33. The number of hydrogen-bond donors (Lipinski definition) is 2. The summed E-state index contributed by atoms with van der Waals surface area (Å²) in [5, 5.41) is 6.10. The van der Waals surface area contributed by atoms with Gasteiger partial charge < -0.3 is 10.6 Å². The minimum absolute atomic E-state index is 0.333. The molecule has 1 atom stereocenters. The molecule has 1 aliphatic heterocycles. The van der Waals surface area contributed by atoms with Gasteiger partial charge in [-0.25, -0.2) is 4.79 Å². The summed E-state index contributed by atoms with van der Waals surface area (Å²) in [5.41, 5.74) is 2.59. The van der Waals surface area contributed by atoms with Gasteiger partial charge in [-0.2, -0.15) is 0 Å². The molecule has 6 nitrogen and oxygen atoms in total. The van der Waals surface area contributed by atoms with Crippen LogP contribution in [-0.4, -0.2) is 34.8 Å². The van der Waals surface area contributed by atoms with Crippen LogP contribution in [0.2, 0.25) is 5.02 Å². The van der Waals surface area contributed by atoms with Crippen molar-refractivity contribution in [2.45, 2.75) is 31.7 Å². The van der Waals surface area contributed by atoms with Gasteiger partial charge in [0.25, 0.3) is 5.91 Å². The number of amides is 4. The van der Waals surface area contributed by atoms with Crippen LogP contribution in [0.5, 0.6) is 0 Å². The Morgan fingerprint density at radius 3 is 2.71 bits per heavy atom. The van der Waals surface area contributed by atoms with E-state index in [-0.39, 0.29) is 12.5 Å². The molecule has 2 aromatic carbocycles. The van der Waals surface area contributed by atoms with Gasteiger partial charge in [0.15, 0.2) is 0 Å². The van der Waals surface area contributed by atoms with Crippen LogP contribution in [0.15, 0.2) is 42.5 Å². The highest BCUT2D eigenvalue weighted by atomic mass is 35.5. The third kappa shape index (κ3) is 3.14. The van der Waals surface area contributed by atoms with Gasteiger partial charge in [-0.3, -0.25) is 14.5 Å². The second kappa shape index (κ2) is 6.95. The number of halogens is 1. The van der Waals surface area contributed by atoms with E-state index < -0.39 is 17.5 Å². The largest absolute Gasteiger partial charge is 0.325 e. The Hall–Kier alpha value is -2.86. The van der Waals surface area contributed by atoms with Crippen molar-refractivity contribution in [3.05, 3.63) is 64.2 Å². The second-order valence-electron chi connectivity index (χ2n) is 7.31. The quantitative estimate of drug-likeness (QED) is 0.781. The van der Waals surface area contributed by atoms with Gasteiger partial charge in [0, 0.05) is 17.1 Å². The minimum Gasteiger partial charge on any atom is -0.324 e. The van der Waals surface area contributed by atoms with E-state index in [1.165, 1.54) is 5.56 Å². The van der Waals surface area contributed by atoms with Crippen LogP contribution in [0.3, 0.4) is 0 Å². The summed E-state index contributed by atoms with van der Waals surface area (Å²) in [6, 6.07) is 12.6. The van der Waals surface area contributed by atoms with E-state index in [2.05, 4.69) is 10.6 Å². The van der Waals surface area contributed by atoms with E-state index in [0.29, 0.717) is 30.0 Å². The van der Waals surface area contributed by atoms with Crippen molar-refractivity contribution < 1.29 is 14.4 Å². The molecule has 0 radical (unpaired) electrons. The molecule has 1 heterocycles. The Labute approximate surface area is 167 Å². The Morgan fingerprint density at radius 1 is 1.18 bits per heavy atom. The predicted octanol–water partition coefficient (Wildman–Crippen LogP) is 3.07. The molecule has 0 aromatic heterocycles. The van der Waals surface area contributed by atoms with Gasteiger partial charge in [0.1, 0.15) is 12.1 Å². The summed E-state index contributed by atoms with van der Waals surface area (Å²) in [7, 11) is 0. The number of fused-ring (bicyclic) bond motifs is 1. The number of nitrogens with zero attached hydrogens (tertiary/aromatic N) is 1. The zero-order chi connectivity index (χ0) is 19.9. The molecule has 144 valence electrons. The summed E-state index contributed by atoms with van der Waals surface area (Å²) in [6.07, 6.45) is 1.68. The molecule has 1 fully saturated rings. The van der Waals surface area contributed by atoms with Gasteiger partial charge in [0.2, 0.25) is 5.91 Å². The van der Waals surface area contributed by atoms with Crippen molar-refractivity contribution in [1.82, 2.24) is 10.2 Å². The fraction of sp³-hybridized carbons (Fsp3) is 0.286. The van der Waals surface area contributed by atoms with E-state index >= 15 is 0 Å². The lowest BCUT2D eigenvalue weighted by Gasteiger charge is -2.32. The number of aryl methyl sites for hydroxylation is 1. The average molecular weight is 398 g/mol. The normalized spacial score (nSPS) is 20.9. The molecule has 0 bridgehead atoms. The molecule has 2 aromatic rings. The fourth-order valence-corrected chi connectivity index (χ4v) is 4.10. The van der Waals surface area contributed by atoms with Crippen molar-refractivity contribution in [3.63, 3.8) is 0 Å². The highest BCUT2D eigenvalue weighted by Gasteiger charge is 2.52. The van der Waals surface area contributed by atoms with Crippen molar-refractivity contribution >= 4 is 35.1 Å². The third-order valence-electron chi connectivity index (χ3n) is 5.52. The lowest BCUT2D eigenvalue weighted by atomic mass is 9.78. The van der Waals surface area contributed by atoms with Crippen LogP contribution in [0, 0.1) is 6.92 Å². The van der Waals surface area contributed by atoms with E-state index in [1.807, 2.05) is 24.3 Å². The molecule has 1 unspecified atom stereocenters. The number of urea groups is 1. The molecule has 1 saturated heterocycles. The Bertz CT molecular complexity index is 991. The summed E-state index contributed by atoms with van der Waals surface area (Å²) in [5.74, 6) is -0.785. The molecule has 28 heavy (non-hydrogen) atoms. The molecular formula is C21H20ClN3O3. The monoisotopic (exact) mass is 397 g/mol. The first kappa shape index (κ1) is 18.5. The fourth-order valence-electron chi connectivity index (χ4n) is 3.92. The number of carbonyl (C=O) groups is 3. The molecule has 0 saturated carbocycles. The van der Waals surface area contributed by atoms with Crippen molar-refractivity contribution in [2.24, 2.45) is 0 Å². The summed E-state index contributed by atoms with van der Waals surface area (Å²) in [4.78, 5) is 39.0. The molecule has 4 amide bonds. The van der Waals surface area contributed by atoms with Gasteiger partial charge in [0.05, 0.1) is 0 Å². The van der Waals surface area contributed by atoms with Crippen LogP contribution in [0.4, 0.5) is 10.5 Å². The van der Waals surface area contributed by atoms with Gasteiger partial charge >= 0.3 is 6.03 Å². The number of benzene rings is 2. The van der Waals surface area contributed by atoms with E-state index in [9.17, 15) is 14.4 Å². The van der Waals surface area contributed by atoms with Gasteiger partial charge in [-0.1, -0.05) is 41.9 Å². The Kier molecular flexibility index (Phi) is 4.59. The lowest BCUT2D eigenvalue weighted by Crippen LogP contribution is -2.51. The summed E-state index contributed by atoms with van der Waals surface area (Å²) in [6.45, 7) is 1.46. The van der Waals surface area contributed by atoms with Crippen molar-refractivity contribution in [1.29, 1.82) is 0 Å². The van der Waals surface area contributed by atoms with Gasteiger partial charge in [-0.15, -0.1) is 0 Å². The maximum Gasteiger partial charge on any atom is 0.325 e. The average Bonchev–Trinajstić information content (AvgIpc) is 2.89. The zero-order valence-electron chi connectivity index (χ0n) is 15.4. The second-order valence-corrected chi connectivity index (χ2v) is 7.72. The van der Waals surface area contributed by atoms with Crippen LogP contribution in [0.1, 0.15) is 23.1 Å². The molecule has 7 heteroatoms. The van der Waals surface area contributed by atoms with E-state index in [1.54, 1.807) is 25.1 Å². The number of nitrogens with one attached hydrogen (secondary N) is 2. The Morgan fingerprint density at radius 2 is 1.93 bits per heavy atom. The third-order valence-corrected chi connectivity index (χ3v) is 5.93. The number of rotatable bonds is 3. The minimum atomic E-state index is -0.961. The summed E-state index contributed by atoms with van der Waals surface area (Å²) >= 11 is 6.07. The summed E-state index contributed by atoms with van der Waals surface area (Å²) < 4.78 is 0. The maximum atomic E-state index is 13.1. The first-order chi connectivity index (χ1) is 13.4. The number of carbonyl (C=O) groups excluding carboxylic acids is 3. The smallest absolute Gasteiger partial charge is 0.324 e. The first-order valence-corrected chi connectivity index (χ1v) is 9.53. The molecule has 2 aliphatic rings.